The van der Waals surface area contributed by atoms with E-state index in [1.807, 2.05) is 42.5 Å². The topological polar surface area (TPSA) is 63.9 Å². The van der Waals surface area contributed by atoms with E-state index in [1.54, 1.807) is 23.5 Å². The highest BCUT2D eigenvalue weighted by molar-refractivity contribution is 7.89. The largest absolute Gasteiger partial charge is 0.379 e. The van der Waals surface area contributed by atoms with E-state index in [9.17, 15) is 8.42 Å². The van der Waals surface area contributed by atoms with Crippen molar-refractivity contribution in [2.45, 2.75) is 44.0 Å². The summed E-state index contributed by atoms with van der Waals surface area (Å²) in [6, 6.07) is 17.2. The van der Waals surface area contributed by atoms with Crippen LogP contribution in [0.15, 0.2) is 69.9 Å². The van der Waals surface area contributed by atoms with E-state index in [1.165, 1.54) is 17.1 Å². The lowest BCUT2D eigenvalue weighted by Gasteiger charge is -2.26. The Labute approximate surface area is 200 Å². The van der Waals surface area contributed by atoms with E-state index in [0.29, 0.717) is 31.2 Å². The standard InChI is InChI=1S/C25H31N3O3S2/c1-2-3-4-8-14-28-24(20-32-25(28)26-22-11-6-5-7-12-22)21-10-9-13-23(19-21)33(29,30)27-15-17-31-18-16-27/h5-7,9-13,19-20H,2-4,8,14-18H2,1H3. The number of unbranched alkanes of at least 4 members (excludes halogenated alkanes) is 3. The van der Waals surface area contributed by atoms with Crippen molar-refractivity contribution in [1.82, 2.24) is 8.87 Å². The second-order valence-corrected chi connectivity index (χ2v) is 10.9. The molecule has 1 aromatic heterocycles. The van der Waals surface area contributed by atoms with Crippen LogP contribution in [0.1, 0.15) is 32.6 Å². The van der Waals surface area contributed by atoms with Gasteiger partial charge in [0, 0.05) is 30.6 Å². The van der Waals surface area contributed by atoms with Crippen LogP contribution in [-0.4, -0.2) is 43.6 Å². The molecule has 1 aliphatic rings. The number of ether oxygens (including phenoxy) is 1. The minimum atomic E-state index is -3.55. The van der Waals surface area contributed by atoms with Crippen LogP contribution in [-0.2, 0) is 21.3 Å². The van der Waals surface area contributed by atoms with Crippen LogP contribution in [0.25, 0.3) is 11.3 Å². The first kappa shape index (κ1) is 23.9. The first-order valence-electron chi connectivity index (χ1n) is 11.6. The number of aromatic nitrogens is 1. The third-order valence-electron chi connectivity index (χ3n) is 5.75. The summed E-state index contributed by atoms with van der Waals surface area (Å²) < 4.78 is 35.5. The predicted molar refractivity (Wildman–Crippen MR) is 133 cm³/mol. The number of hydrogen-bond donors (Lipinski definition) is 0. The number of morpholine rings is 1. The zero-order chi connectivity index (χ0) is 23.1. The summed E-state index contributed by atoms with van der Waals surface area (Å²) in [5.74, 6) is 0. The van der Waals surface area contributed by atoms with E-state index in [0.717, 1.165) is 41.1 Å². The maximum Gasteiger partial charge on any atom is 0.243 e. The van der Waals surface area contributed by atoms with Gasteiger partial charge in [-0.05, 0) is 30.7 Å². The molecule has 1 aliphatic heterocycles. The van der Waals surface area contributed by atoms with Crippen molar-refractivity contribution in [3.8, 4) is 11.3 Å². The molecule has 0 radical (unpaired) electrons. The zero-order valence-electron chi connectivity index (χ0n) is 19.0. The number of sulfonamides is 1. The van der Waals surface area contributed by atoms with Crippen LogP contribution in [0.4, 0.5) is 5.69 Å². The fourth-order valence-corrected chi connectivity index (χ4v) is 6.34. The van der Waals surface area contributed by atoms with Crippen LogP contribution < -0.4 is 4.80 Å². The molecule has 8 heteroatoms. The summed E-state index contributed by atoms with van der Waals surface area (Å²) >= 11 is 1.59. The Balaban J connectivity index is 1.71. The average Bonchev–Trinajstić information content (AvgIpc) is 3.25. The van der Waals surface area contributed by atoms with Gasteiger partial charge in [-0.1, -0.05) is 56.5 Å². The summed E-state index contributed by atoms with van der Waals surface area (Å²) in [6.45, 7) is 4.72. The molecule has 0 N–H and O–H groups in total. The second kappa shape index (κ2) is 11.2. The summed E-state index contributed by atoms with van der Waals surface area (Å²) in [4.78, 5) is 6.12. The Bertz CT molecular complexity index is 1210. The SMILES string of the molecule is CCCCCCn1c(-c2cccc(S(=O)(=O)N3CCOCC3)c2)csc1=Nc1ccccc1. The number of rotatable bonds is 9. The van der Waals surface area contributed by atoms with Crippen molar-refractivity contribution in [3.05, 3.63) is 64.8 Å². The van der Waals surface area contributed by atoms with Gasteiger partial charge in [-0.25, -0.2) is 13.4 Å². The van der Waals surface area contributed by atoms with Crippen molar-refractivity contribution in [2.75, 3.05) is 26.3 Å². The molecule has 0 amide bonds. The fraction of sp³-hybridized carbons (Fsp3) is 0.400. The monoisotopic (exact) mass is 485 g/mol. The van der Waals surface area contributed by atoms with E-state index in [2.05, 4.69) is 16.9 Å². The van der Waals surface area contributed by atoms with Crippen LogP contribution in [0, 0.1) is 0 Å². The van der Waals surface area contributed by atoms with Gasteiger partial charge >= 0.3 is 0 Å². The molecule has 0 bridgehead atoms. The van der Waals surface area contributed by atoms with Crippen LogP contribution in [0.2, 0.25) is 0 Å². The summed E-state index contributed by atoms with van der Waals surface area (Å²) in [5.41, 5.74) is 2.81. The van der Waals surface area contributed by atoms with Crippen LogP contribution >= 0.6 is 11.3 Å². The molecule has 4 rings (SSSR count). The smallest absolute Gasteiger partial charge is 0.243 e. The third kappa shape index (κ3) is 5.81. The Morgan fingerprint density at radius 3 is 2.55 bits per heavy atom. The van der Waals surface area contributed by atoms with Crippen molar-refractivity contribution in [2.24, 2.45) is 4.99 Å². The molecule has 2 aromatic carbocycles. The van der Waals surface area contributed by atoms with E-state index >= 15 is 0 Å². The van der Waals surface area contributed by atoms with Gasteiger partial charge in [0.15, 0.2) is 4.80 Å². The second-order valence-electron chi connectivity index (χ2n) is 8.11. The molecular weight excluding hydrogens is 454 g/mol. The summed E-state index contributed by atoms with van der Waals surface area (Å²) in [7, 11) is -3.55. The molecule has 0 unspecified atom stereocenters. The number of nitrogens with zero attached hydrogens (tertiary/aromatic N) is 3. The molecular formula is C25H31N3O3S2. The van der Waals surface area contributed by atoms with Gasteiger partial charge in [-0.15, -0.1) is 11.3 Å². The minimum Gasteiger partial charge on any atom is -0.379 e. The van der Waals surface area contributed by atoms with Gasteiger partial charge in [0.2, 0.25) is 10.0 Å². The fourth-order valence-electron chi connectivity index (χ4n) is 3.93. The van der Waals surface area contributed by atoms with E-state index in [-0.39, 0.29) is 0 Å². The molecule has 1 saturated heterocycles. The van der Waals surface area contributed by atoms with Crippen LogP contribution in [0.5, 0.6) is 0 Å². The number of thiazole rings is 1. The molecule has 33 heavy (non-hydrogen) atoms. The van der Waals surface area contributed by atoms with Gasteiger partial charge in [0.25, 0.3) is 0 Å². The van der Waals surface area contributed by atoms with Gasteiger partial charge in [-0.3, -0.25) is 0 Å². The Kier molecular flexibility index (Phi) is 8.14. The minimum absolute atomic E-state index is 0.326. The molecule has 6 nitrogen and oxygen atoms in total. The number of benzene rings is 2. The van der Waals surface area contributed by atoms with Crippen molar-refractivity contribution < 1.29 is 13.2 Å². The van der Waals surface area contributed by atoms with Gasteiger partial charge in [0.05, 0.1) is 29.5 Å². The molecule has 0 aliphatic carbocycles. The molecule has 176 valence electrons. The molecule has 0 saturated carbocycles. The van der Waals surface area contributed by atoms with Crippen molar-refractivity contribution >= 4 is 27.0 Å². The maximum atomic E-state index is 13.2. The first-order valence-corrected chi connectivity index (χ1v) is 13.9. The highest BCUT2D eigenvalue weighted by Crippen LogP contribution is 2.26. The number of para-hydroxylation sites is 1. The van der Waals surface area contributed by atoms with Crippen LogP contribution in [0.3, 0.4) is 0 Å². The Hall–Kier alpha value is -2.26. The lowest BCUT2D eigenvalue weighted by atomic mass is 10.1. The molecule has 1 fully saturated rings. The van der Waals surface area contributed by atoms with Gasteiger partial charge in [-0.2, -0.15) is 4.31 Å². The summed E-state index contributed by atoms with van der Waals surface area (Å²) in [5, 5.41) is 2.09. The highest BCUT2D eigenvalue weighted by Gasteiger charge is 2.26. The van der Waals surface area contributed by atoms with Crippen molar-refractivity contribution in [1.29, 1.82) is 0 Å². The normalized spacial score (nSPS) is 15.7. The quantitative estimate of drug-likeness (QED) is 0.399. The molecule has 3 aromatic rings. The predicted octanol–water partition coefficient (Wildman–Crippen LogP) is 5.05. The first-order chi connectivity index (χ1) is 16.1. The lowest BCUT2D eigenvalue weighted by molar-refractivity contribution is 0.0730. The Morgan fingerprint density at radius 1 is 1.00 bits per heavy atom. The van der Waals surface area contributed by atoms with Gasteiger partial charge < -0.3 is 9.30 Å². The van der Waals surface area contributed by atoms with E-state index in [4.69, 9.17) is 9.73 Å². The Morgan fingerprint density at radius 2 is 1.79 bits per heavy atom. The summed E-state index contributed by atoms with van der Waals surface area (Å²) in [6.07, 6.45) is 4.61. The third-order valence-corrected chi connectivity index (χ3v) is 8.51. The molecule has 2 heterocycles. The van der Waals surface area contributed by atoms with Gasteiger partial charge in [0.1, 0.15) is 0 Å². The molecule has 0 atom stereocenters. The average molecular weight is 486 g/mol. The maximum absolute atomic E-state index is 13.2. The zero-order valence-corrected chi connectivity index (χ0v) is 20.7. The number of hydrogen-bond acceptors (Lipinski definition) is 5. The van der Waals surface area contributed by atoms with Crippen molar-refractivity contribution in [3.63, 3.8) is 0 Å². The lowest BCUT2D eigenvalue weighted by Crippen LogP contribution is -2.40. The highest BCUT2D eigenvalue weighted by atomic mass is 32.2. The molecule has 0 spiro atoms. The van der Waals surface area contributed by atoms with E-state index < -0.39 is 10.0 Å².